The molecule has 1 aromatic rings. The minimum atomic E-state index is -1.32. The molecule has 32 heavy (non-hydrogen) atoms. The number of nitrogens with two attached hydrogens (primary N) is 1. The number of carbonyl (C=O) groups excluding carboxylic acids is 3. The second-order valence-electron chi connectivity index (χ2n) is 6.96. The fourth-order valence-corrected chi connectivity index (χ4v) is 3.39. The highest BCUT2D eigenvalue weighted by Gasteiger charge is 2.29. The van der Waals surface area contributed by atoms with Crippen LogP contribution in [0.5, 0.6) is 0 Å². The number of rotatable bonds is 14. The third-order valence-electron chi connectivity index (χ3n) is 4.49. The number of amides is 3. The van der Waals surface area contributed by atoms with E-state index in [1.54, 1.807) is 0 Å². The summed E-state index contributed by atoms with van der Waals surface area (Å²) >= 11 is 5.34. The Hall–Kier alpha value is -2.28. The molecule has 1 aromatic carbocycles. The van der Waals surface area contributed by atoms with Crippen LogP contribution < -0.4 is 21.7 Å². The average molecular weight is 487 g/mol. The number of thiol groups is 1. The van der Waals surface area contributed by atoms with Gasteiger partial charge in [-0.05, 0) is 30.4 Å². The van der Waals surface area contributed by atoms with Gasteiger partial charge in [-0.3, -0.25) is 14.4 Å². The third-order valence-corrected chi connectivity index (χ3v) is 5.50. The van der Waals surface area contributed by atoms with E-state index in [0.29, 0.717) is 5.75 Å². The Morgan fingerprint density at radius 3 is 2.09 bits per heavy atom. The van der Waals surface area contributed by atoms with Crippen LogP contribution in [0.1, 0.15) is 12.0 Å². The van der Waals surface area contributed by atoms with Gasteiger partial charge in [0.25, 0.3) is 0 Å². The van der Waals surface area contributed by atoms with Gasteiger partial charge < -0.3 is 31.9 Å². The van der Waals surface area contributed by atoms with Gasteiger partial charge in [-0.25, -0.2) is 4.79 Å². The Bertz CT molecular complexity index is 768. The maximum atomic E-state index is 12.6. The van der Waals surface area contributed by atoms with Gasteiger partial charge in [0.05, 0.1) is 12.6 Å². The molecule has 1 rings (SSSR count). The lowest BCUT2D eigenvalue weighted by Gasteiger charge is -2.24. The lowest BCUT2D eigenvalue weighted by molar-refractivity contribution is -0.141. The fraction of sp³-hybridized carbons (Fsp3) is 0.500. The number of nitrogens with one attached hydrogen (secondary N) is 3. The second kappa shape index (κ2) is 14.7. The van der Waals surface area contributed by atoms with E-state index in [9.17, 15) is 24.3 Å². The van der Waals surface area contributed by atoms with Crippen molar-refractivity contribution in [2.75, 3.05) is 24.4 Å². The molecule has 4 atom stereocenters. The number of benzene rings is 1. The Balaban J connectivity index is 2.77. The predicted octanol–water partition coefficient (Wildman–Crippen LogP) is -1.23. The molecule has 0 aliphatic rings. The number of aliphatic hydroxyl groups is 1. The molecule has 0 heterocycles. The first-order chi connectivity index (χ1) is 15.2. The van der Waals surface area contributed by atoms with Gasteiger partial charge in [0, 0.05) is 5.75 Å². The van der Waals surface area contributed by atoms with Crippen LogP contribution in [0.4, 0.5) is 0 Å². The van der Waals surface area contributed by atoms with Crippen LogP contribution >= 0.6 is 24.4 Å². The monoisotopic (exact) mass is 486 g/mol. The van der Waals surface area contributed by atoms with E-state index in [2.05, 4.69) is 28.6 Å². The zero-order valence-electron chi connectivity index (χ0n) is 17.7. The summed E-state index contributed by atoms with van der Waals surface area (Å²) in [5, 5.41) is 25.9. The van der Waals surface area contributed by atoms with Crippen LogP contribution in [0, 0.1) is 0 Å². The minimum absolute atomic E-state index is 0.126. The number of carboxylic acid groups (broad SMARTS) is 1. The molecule has 0 saturated carbocycles. The molecule has 0 radical (unpaired) electrons. The van der Waals surface area contributed by atoms with E-state index in [4.69, 9.17) is 10.8 Å². The molecule has 0 spiro atoms. The molecule has 0 aliphatic carbocycles. The summed E-state index contributed by atoms with van der Waals surface area (Å²) in [6.07, 6.45) is 2.28. The van der Waals surface area contributed by atoms with E-state index in [1.807, 2.05) is 36.6 Å². The fourth-order valence-electron chi connectivity index (χ4n) is 2.67. The molecule has 0 fully saturated rings. The Kier molecular flexibility index (Phi) is 12.8. The lowest BCUT2D eigenvalue weighted by atomic mass is 10.1. The minimum Gasteiger partial charge on any atom is -0.480 e. The lowest BCUT2D eigenvalue weighted by Crippen LogP contribution is -2.58. The highest BCUT2D eigenvalue weighted by atomic mass is 32.2. The van der Waals surface area contributed by atoms with Gasteiger partial charge in [-0.2, -0.15) is 24.4 Å². The summed E-state index contributed by atoms with van der Waals surface area (Å²) in [6, 6.07) is 4.54. The number of carboxylic acids is 1. The van der Waals surface area contributed by atoms with E-state index in [-0.39, 0.29) is 18.6 Å². The normalized spacial score (nSPS) is 14.5. The zero-order valence-corrected chi connectivity index (χ0v) is 19.4. The van der Waals surface area contributed by atoms with Gasteiger partial charge >= 0.3 is 5.97 Å². The molecule has 7 N–H and O–H groups in total. The van der Waals surface area contributed by atoms with Crippen molar-refractivity contribution < 1.29 is 29.4 Å². The highest BCUT2D eigenvalue weighted by molar-refractivity contribution is 7.98. The van der Waals surface area contributed by atoms with Crippen molar-refractivity contribution in [2.24, 2.45) is 5.73 Å². The van der Waals surface area contributed by atoms with Crippen LogP contribution in [0.2, 0.25) is 0 Å². The molecule has 10 nitrogen and oxygen atoms in total. The maximum absolute atomic E-state index is 12.6. The van der Waals surface area contributed by atoms with Gasteiger partial charge in [0.15, 0.2) is 0 Å². The van der Waals surface area contributed by atoms with Crippen molar-refractivity contribution >= 4 is 48.1 Å². The van der Waals surface area contributed by atoms with Gasteiger partial charge in [-0.1, -0.05) is 30.3 Å². The van der Waals surface area contributed by atoms with Gasteiger partial charge in [-0.15, -0.1) is 0 Å². The topological polar surface area (TPSA) is 171 Å². The van der Waals surface area contributed by atoms with E-state index in [0.717, 1.165) is 5.56 Å². The first kappa shape index (κ1) is 27.8. The van der Waals surface area contributed by atoms with Crippen molar-refractivity contribution in [1.29, 1.82) is 0 Å². The SMILES string of the molecule is CSCCC(NC(=O)C(CO)NC(=O)C(N)Cc1ccccc1)C(=O)NC(CS)C(=O)O. The Morgan fingerprint density at radius 1 is 1.00 bits per heavy atom. The summed E-state index contributed by atoms with van der Waals surface area (Å²) in [4.78, 5) is 48.7. The van der Waals surface area contributed by atoms with Crippen LogP contribution in [-0.4, -0.2) is 82.4 Å². The number of hydrogen-bond acceptors (Lipinski definition) is 8. The molecule has 12 heteroatoms. The van der Waals surface area contributed by atoms with E-state index in [1.165, 1.54) is 11.8 Å². The van der Waals surface area contributed by atoms with E-state index >= 15 is 0 Å². The smallest absolute Gasteiger partial charge is 0.327 e. The molecular formula is C20H30N4O6S2. The van der Waals surface area contributed by atoms with Crippen LogP contribution in [0.3, 0.4) is 0 Å². The van der Waals surface area contributed by atoms with Gasteiger partial charge in [0.1, 0.15) is 18.1 Å². The first-order valence-electron chi connectivity index (χ1n) is 9.87. The van der Waals surface area contributed by atoms with Crippen molar-refractivity contribution in [1.82, 2.24) is 16.0 Å². The average Bonchev–Trinajstić information content (AvgIpc) is 2.78. The standard InChI is InChI=1S/C20H30N4O6S2/c1-32-8-7-14(18(27)24-16(11-31)20(29)30)22-19(28)15(10-25)23-17(26)13(21)9-12-5-3-2-4-6-12/h2-6,13-16,25,31H,7-11,21H2,1H3,(H,22,28)(H,23,26)(H,24,27)(H,29,30). The van der Waals surface area contributed by atoms with Gasteiger partial charge in [0.2, 0.25) is 17.7 Å². The zero-order chi connectivity index (χ0) is 24.1. The molecule has 3 amide bonds. The number of aliphatic hydroxyl groups excluding tert-OH is 1. The molecule has 178 valence electrons. The molecule has 0 bridgehead atoms. The van der Waals surface area contributed by atoms with Crippen molar-refractivity contribution in [3.05, 3.63) is 35.9 Å². The first-order valence-corrected chi connectivity index (χ1v) is 11.9. The summed E-state index contributed by atoms with van der Waals surface area (Å²) < 4.78 is 0. The van der Waals surface area contributed by atoms with Crippen molar-refractivity contribution in [2.45, 2.75) is 37.0 Å². The highest BCUT2D eigenvalue weighted by Crippen LogP contribution is 2.04. The number of thioether (sulfide) groups is 1. The molecular weight excluding hydrogens is 456 g/mol. The summed E-state index contributed by atoms with van der Waals surface area (Å²) in [7, 11) is 0. The summed E-state index contributed by atoms with van der Waals surface area (Å²) in [6.45, 7) is -0.707. The van der Waals surface area contributed by atoms with Crippen molar-refractivity contribution in [3.63, 3.8) is 0 Å². The molecule has 0 aromatic heterocycles. The summed E-state index contributed by atoms with van der Waals surface area (Å²) in [5.41, 5.74) is 6.75. The molecule has 4 unspecified atom stereocenters. The number of aliphatic carboxylic acids is 1. The molecule has 0 saturated heterocycles. The molecule has 0 aliphatic heterocycles. The summed E-state index contributed by atoms with van der Waals surface area (Å²) in [5.74, 6) is -2.98. The number of carbonyl (C=O) groups is 4. The van der Waals surface area contributed by atoms with Crippen LogP contribution in [-0.2, 0) is 25.6 Å². The largest absolute Gasteiger partial charge is 0.480 e. The van der Waals surface area contributed by atoms with E-state index < -0.39 is 54.5 Å². The third kappa shape index (κ3) is 9.47. The number of hydrogen-bond donors (Lipinski definition) is 7. The van der Waals surface area contributed by atoms with Crippen molar-refractivity contribution in [3.8, 4) is 0 Å². The van der Waals surface area contributed by atoms with Crippen LogP contribution in [0.25, 0.3) is 0 Å². The Labute approximate surface area is 196 Å². The quantitative estimate of drug-likeness (QED) is 0.160. The maximum Gasteiger partial charge on any atom is 0.327 e. The van der Waals surface area contributed by atoms with Crippen LogP contribution in [0.15, 0.2) is 30.3 Å². The Morgan fingerprint density at radius 2 is 1.56 bits per heavy atom. The predicted molar refractivity (Wildman–Crippen MR) is 125 cm³/mol. The second-order valence-corrected chi connectivity index (χ2v) is 8.32.